The molecule has 0 saturated heterocycles. The fourth-order valence-corrected chi connectivity index (χ4v) is 2.15. The Morgan fingerprint density at radius 1 is 1.00 bits per heavy atom. The van der Waals surface area contributed by atoms with Gasteiger partial charge in [-0.2, -0.15) is 0 Å². The number of esters is 1. The Bertz CT molecular complexity index is 500. The van der Waals surface area contributed by atoms with Crippen molar-refractivity contribution in [2.24, 2.45) is 5.92 Å². The van der Waals surface area contributed by atoms with E-state index < -0.39 is 43.6 Å². The van der Waals surface area contributed by atoms with Gasteiger partial charge in [0, 0.05) is 0 Å². The molecule has 136 valence electrons. The van der Waals surface area contributed by atoms with Crippen molar-refractivity contribution in [2.75, 3.05) is 13.2 Å². The van der Waals surface area contributed by atoms with Gasteiger partial charge in [-0.3, -0.25) is 0 Å². The standard InChI is InChI=1S/C17H26O7/c1-10(2)7-11-3-5-12(6-4-11)17(23)24-9-14(20)16(22)15(21)13(19)8-18/h3-6,10,13-16,18-22H,7-9H2,1-2H3/t13-,14+,15+,16+/m0/s1. The molecule has 1 aromatic carbocycles. The van der Waals surface area contributed by atoms with Crippen molar-refractivity contribution in [3.8, 4) is 0 Å². The van der Waals surface area contributed by atoms with E-state index in [0.717, 1.165) is 12.0 Å². The van der Waals surface area contributed by atoms with Gasteiger partial charge in [-0.1, -0.05) is 26.0 Å². The molecule has 5 N–H and O–H groups in total. The third-order valence-electron chi connectivity index (χ3n) is 3.54. The summed E-state index contributed by atoms with van der Waals surface area (Å²) in [5.41, 5.74) is 1.40. The summed E-state index contributed by atoms with van der Waals surface area (Å²) < 4.78 is 4.89. The Balaban J connectivity index is 2.53. The summed E-state index contributed by atoms with van der Waals surface area (Å²) >= 11 is 0. The van der Waals surface area contributed by atoms with Crippen molar-refractivity contribution < 1.29 is 35.1 Å². The predicted octanol–water partition coefficient (Wildman–Crippen LogP) is -0.522. The molecule has 1 rings (SSSR count). The van der Waals surface area contributed by atoms with Crippen LogP contribution in [0.25, 0.3) is 0 Å². The van der Waals surface area contributed by atoms with Crippen LogP contribution in [0.2, 0.25) is 0 Å². The number of ether oxygens (including phenoxy) is 1. The van der Waals surface area contributed by atoms with Crippen LogP contribution in [-0.2, 0) is 11.2 Å². The van der Waals surface area contributed by atoms with Crippen LogP contribution in [0.1, 0.15) is 29.8 Å². The molecule has 0 amide bonds. The second kappa shape index (κ2) is 9.71. The predicted molar refractivity (Wildman–Crippen MR) is 86.4 cm³/mol. The summed E-state index contributed by atoms with van der Waals surface area (Å²) in [6, 6.07) is 6.88. The highest BCUT2D eigenvalue weighted by Gasteiger charge is 2.30. The summed E-state index contributed by atoms with van der Waals surface area (Å²) in [7, 11) is 0. The minimum atomic E-state index is -1.76. The van der Waals surface area contributed by atoms with Gasteiger partial charge in [0.15, 0.2) is 0 Å². The zero-order chi connectivity index (χ0) is 18.3. The number of hydrogen-bond acceptors (Lipinski definition) is 7. The first-order chi connectivity index (χ1) is 11.3. The Morgan fingerprint density at radius 3 is 2.04 bits per heavy atom. The minimum absolute atomic E-state index is 0.306. The molecule has 7 heteroatoms. The monoisotopic (exact) mass is 342 g/mol. The molecule has 4 atom stereocenters. The second-order valence-corrected chi connectivity index (χ2v) is 6.19. The van der Waals surface area contributed by atoms with Crippen molar-refractivity contribution >= 4 is 5.97 Å². The lowest BCUT2D eigenvalue weighted by Gasteiger charge is -2.25. The Morgan fingerprint density at radius 2 is 1.54 bits per heavy atom. The smallest absolute Gasteiger partial charge is 0.338 e. The molecule has 0 saturated carbocycles. The molecule has 0 unspecified atom stereocenters. The highest BCUT2D eigenvalue weighted by Crippen LogP contribution is 2.11. The lowest BCUT2D eigenvalue weighted by molar-refractivity contribution is -0.124. The van der Waals surface area contributed by atoms with E-state index in [4.69, 9.17) is 9.84 Å². The van der Waals surface area contributed by atoms with E-state index in [1.807, 2.05) is 12.1 Å². The number of carbonyl (C=O) groups is 1. The lowest BCUT2D eigenvalue weighted by atomic mass is 10.0. The summed E-state index contributed by atoms with van der Waals surface area (Å²) in [4.78, 5) is 11.9. The average Bonchev–Trinajstić information content (AvgIpc) is 2.57. The Labute approximate surface area is 141 Å². The van der Waals surface area contributed by atoms with Crippen LogP contribution in [0.15, 0.2) is 24.3 Å². The van der Waals surface area contributed by atoms with E-state index in [-0.39, 0.29) is 0 Å². The quantitative estimate of drug-likeness (QED) is 0.382. The lowest BCUT2D eigenvalue weighted by Crippen LogP contribution is -2.47. The highest BCUT2D eigenvalue weighted by molar-refractivity contribution is 5.89. The molecule has 0 fully saturated rings. The Hall–Kier alpha value is -1.51. The molecule has 24 heavy (non-hydrogen) atoms. The molecule has 0 bridgehead atoms. The fourth-order valence-electron chi connectivity index (χ4n) is 2.15. The molecule has 0 aliphatic heterocycles. The van der Waals surface area contributed by atoms with Gasteiger partial charge in [-0.15, -0.1) is 0 Å². The van der Waals surface area contributed by atoms with Gasteiger partial charge in [-0.05, 0) is 30.0 Å². The molecule has 0 aliphatic rings. The van der Waals surface area contributed by atoms with Crippen LogP contribution in [0.3, 0.4) is 0 Å². The second-order valence-electron chi connectivity index (χ2n) is 6.19. The molecule has 0 spiro atoms. The highest BCUT2D eigenvalue weighted by atomic mass is 16.5. The molecule has 0 heterocycles. The van der Waals surface area contributed by atoms with Crippen molar-refractivity contribution in [1.82, 2.24) is 0 Å². The SMILES string of the molecule is CC(C)Cc1ccc(C(=O)OC[C@@H](O)[C@@H](O)[C@H](O)[C@@H](O)CO)cc1. The molecular formula is C17H26O7. The fraction of sp³-hybridized carbons (Fsp3) is 0.588. The van der Waals surface area contributed by atoms with Crippen LogP contribution >= 0.6 is 0 Å². The van der Waals surface area contributed by atoms with E-state index in [0.29, 0.717) is 11.5 Å². The van der Waals surface area contributed by atoms with Gasteiger partial charge in [0.1, 0.15) is 31.0 Å². The largest absolute Gasteiger partial charge is 0.459 e. The van der Waals surface area contributed by atoms with E-state index >= 15 is 0 Å². The van der Waals surface area contributed by atoms with E-state index in [1.54, 1.807) is 12.1 Å². The van der Waals surface area contributed by atoms with Crippen molar-refractivity contribution in [2.45, 2.75) is 44.7 Å². The van der Waals surface area contributed by atoms with Gasteiger partial charge < -0.3 is 30.3 Å². The van der Waals surface area contributed by atoms with Gasteiger partial charge >= 0.3 is 5.97 Å². The first kappa shape index (κ1) is 20.5. The van der Waals surface area contributed by atoms with Gasteiger partial charge in [0.2, 0.25) is 0 Å². The van der Waals surface area contributed by atoms with Gasteiger partial charge in [-0.25, -0.2) is 4.79 Å². The Kier molecular flexibility index (Phi) is 8.30. The van der Waals surface area contributed by atoms with Crippen molar-refractivity contribution in [1.29, 1.82) is 0 Å². The van der Waals surface area contributed by atoms with E-state index in [1.165, 1.54) is 0 Å². The van der Waals surface area contributed by atoms with Crippen LogP contribution in [0.5, 0.6) is 0 Å². The maximum absolute atomic E-state index is 11.9. The van der Waals surface area contributed by atoms with Crippen LogP contribution in [-0.4, -0.2) is 69.1 Å². The minimum Gasteiger partial charge on any atom is -0.459 e. The number of hydrogen-bond donors (Lipinski definition) is 5. The normalized spacial score (nSPS) is 16.5. The molecule has 1 aromatic rings. The molecule has 0 aliphatic carbocycles. The molecule has 0 radical (unpaired) electrons. The number of rotatable bonds is 9. The van der Waals surface area contributed by atoms with Crippen LogP contribution in [0, 0.1) is 5.92 Å². The van der Waals surface area contributed by atoms with Crippen molar-refractivity contribution in [3.63, 3.8) is 0 Å². The topological polar surface area (TPSA) is 127 Å². The summed E-state index contributed by atoms with van der Waals surface area (Å²) in [6.45, 7) is 2.87. The molecule has 0 aromatic heterocycles. The van der Waals surface area contributed by atoms with Gasteiger partial charge in [0.25, 0.3) is 0 Å². The maximum Gasteiger partial charge on any atom is 0.338 e. The van der Waals surface area contributed by atoms with Crippen LogP contribution in [0.4, 0.5) is 0 Å². The number of aliphatic hydroxyl groups is 5. The summed E-state index contributed by atoms with van der Waals surface area (Å²) in [5.74, 6) is -0.172. The maximum atomic E-state index is 11.9. The first-order valence-corrected chi connectivity index (χ1v) is 7.85. The average molecular weight is 342 g/mol. The number of aliphatic hydroxyl groups excluding tert-OH is 5. The third-order valence-corrected chi connectivity index (χ3v) is 3.54. The van der Waals surface area contributed by atoms with Gasteiger partial charge in [0.05, 0.1) is 12.2 Å². The summed E-state index contributed by atoms with van der Waals surface area (Å²) in [5, 5.41) is 46.7. The number of benzene rings is 1. The van der Waals surface area contributed by atoms with Crippen molar-refractivity contribution in [3.05, 3.63) is 35.4 Å². The third kappa shape index (κ3) is 6.18. The van der Waals surface area contributed by atoms with E-state index in [9.17, 15) is 25.2 Å². The van der Waals surface area contributed by atoms with E-state index in [2.05, 4.69) is 13.8 Å². The zero-order valence-electron chi connectivity index (χ0n) is 13.9. The van der Waals surface area contributed by atoms with Crippen LogP contribution < -0.4 is 0 Å². The molecule has 7 nitrogen and oxygen atoms in total. The number of carbonyl (C=O) groups excluding carboxylic acids is 1. The molecular weight excluding hydrogens is 316 g/mol. The first-order valence-electron chi connectivity index (χ1n) is 7.85. The summed E-state index contributed by atoms with van der Waals surface area (Å²) in [6.07, 6.45) is -5.80. The zero-order valence-corrected chi connectivity index (χ0v) is 13.9.